The molecule has 1 aromatic heterocycles. The molecule has 0 unspecified atom stereocenters. The lowest BCUT2D eigenvalue weighted by Crippen LogP contribution is -2.25. The van der Waals surface area contributed by atoms with Crippen LogP contribution in [0, 0.1) is 0 Å². The van der Waals surface area contributed by atoms with Gasteiger partial charge in [-0.05, 0) is 31.5 Å². The van der Waals surface area contributed by atoms with Gasteiger partial charge in [0.2, 0.25) is 5.91 Å². The summed E-state index contributed by atoms with van der Waals surface area (Å²) in [5.41, 5.74) is 2.82. The van der Waals surface area contributed by atoms with Gasteiger partial charge >= 0.3 is 5.97 Å². The van der Waals surface area contributed by atoms with Gasteiger partial charge in [-0.3, -0.25) is 9.59 Å². The van der Waals surface area contributed by atoms with Crippen LogP contribution in [0.15, 0.2) is 54.6 Å². The van der Waals surface area contributed by atoms with Crippen LogP contribution in [-0.2, 0) is 27.4 Å². The van der Waals surface area contributed by atoms with Crippen LogP contribution < -0.4 is 0 Å². The number of amides is 1. The SMILES string of the molecule is CC(C)OC(=O)Cn1c([C@@H]2CC(=O)N(Cc3ccccc3)C2)nc2ccccc21. The molecular weight excluding hydrogens is 366 g/mol. The summed E-state index contributed by atoms with van der Waals surface area (Å²) in [6, 6.07) is 17.7. The van der Waals surface area contributed by atoms with Crippen LogP contribution in [0.25, 0.3) is 11.0 Å². The number of hydrogen-bond acceptors (Lipinski definition) is 4. The predicted molar refractivity (Wildman–Crippen MR) is 110 cm³/mol. The molecule has 6 heteroatoms. The van der Waals surface area contributed by atoms with Crippen molar-refractivity contribution in [3.63, 3.8) is 0 Å². The maximum atomic E-state index is 12.7. The third-order valence-corrected chi connectivity index (χ3v) is 5.13. The topological polar surface area (TPSA) is 64.4 Å². The van der Waals surface area contributed by atoms with Gasteiger partial charge in [-0.2, -0.15) is 0 Å². The molecule has 0 bridgehead atoms. The lowest BCUT2D eigenvalue weighted by molar-refractivity contribution is -0.148. The van der Waals surface area contributed by atoms with E-state index >= 15 is 0 Å². The number of benzene rings is 2. The average Bonchev–Trinajstić information content (AvgIpc) is 3.23. The quantitative estimate of drug-likeness (QED) is 0.603. The van der Waals surface area contributed by atoms with E-state index in [-0.39, 0.29) is 30.4 Å². The molecule has 6 nitrogen and oxygen atoms in total. The van der Waals surface area contributed by atoms with E-state index in [2.05, 4.69) is 0 Å². The molecule has 29 heavy (non-hydrogen) atoms. The normalized spacial score (nSPS) is 16.7. The molecule has 0 spiro atoms. The van der Waals surface area contributed by atoms with Crippen LogP contribution in [0.1, 0.15) is 37.6 Å². The number of fused-ring (bicyclic) bond motifs is 1. The second-order valence-corrected chi connectivity index (χ2v) is 7.74. The van der Waals surface area contributed by atoms with Crippen molar-refractivity contribution in [1.82, 2.24) is 14.5 Å². The van der Waals surface area contributed by atoms with E-state index < -0.39 is 0 Å². The van der Waals surface area contributed by atoms with Gasteiger partial charge in [0, 0.05) is 25.4 Å². The molecule has 4 rings (SSSR count). The Hall–Kier alpha value is -3.15. The van der Waals surface area contributed by atoms with Crippen molar-refractivity contribution in [1.29, 1.82) is 0 Å². The van der Waals surface area contributed by atoms with E-state index in [0.29, 0.717) is 19.5 Å². The monoisotopic (exact) mass is 391 g/mol. The molecule has 1 atom stereocenters. The molecule has 3 aromatic rings. The number of aromatic nitrogens is 2. The molecule has 1 amide bonds. The summed E-state index contributed by atoms with van der Waals surface area (Å²) in [4.78, 5) is 31.7. The molecular formula is C23H25N3O3. The van der Waals surface area contributed by atoms with Crippen molar-refractivity contribution in [2.45, 2.75) is 45.4 Å². The standard InChI is InChI=1S/C23H25N3O3/c1-16(2)29-22(28)15-26-20-11-7-6-10-19(20)24-23(26)18-12-21(27)25(14-18)13-17-8-4-3-5-9-17/h3-11,16,18H,12-15H2,1-2H3/t18-/m1/s1. The van der Waals surface area contributed by atoms with Gasteiger partial charge in [0.25, 0.3) is 0 Å². The lowest BCUT2D eigenvalue weighted by Gasteiger charge is -2.17. The summed E-state index contributed by atoms with van der Waals surface area (Å²) in [5, 5.41) is 0. The fourth-order valence-electron chi connectivity index (χ4n) is 3.90. The second-order valence-electron chi connectivity index (χ2n) is 7.74. The number of carbonyl (C=O) groups excluding carboxylic acids is 2. The van der Waals surface area contributed by atoms with Gasteiger partial charge in [0.15, 0.2) is 0 Å². The summed E-state index contributed by atoms with van der Waals surface area (Å²) in [6.07, 6.45) is 0.227. The van der Waals surface area contributed by atoms with E-state index in [1.165, 1.54) is 0 Å². The summed E-state index contributed by atoms with van der Waals surface area (Å²) in [7, 11) is 0. The molecule has 2 heterocycles. The highest BCUT2D eigenvalue weighted by Crippen LogP contribution is 2.31. The number of carbonyl (C=O) groups is 2. The van der Waals surface area contributed by atoms with Gasteiger partial charge in [-0.1, -0.05) is 42.5 Å². The van der Waals surface area contributed by atoms with E-state index in [1.807, 2.05) is 77.9 Å². The maximum Gasteiger partial charge on any atom is 0.326 e. The first-order chi connectivity index (χ1) is 14.0. The largest absolute Gasteiger partial charge is 0.462 e. The first-order valence-electron chi connectivity index (χ1n) is 9.97. The van der Waals surface area contributed by atoms with Crippen molar-refractivity contribution in [2.75, 3.05) is 6.54 Å². The molecule has 1 aliphatic rings. The van der Waals surface area contributed by atoms with Gasteiger partial charge in [-0.15, -0.1) is 0 Å². The van der Waals surface area contributed by atoms with Crippen LogP contribution in [0.2, 0.25) is 0 Å². The first-order valence-corrected chi connectivity index (χ1v) is 9.97. The minimum absolute atomic E-state index is 0.0505. The first kappa shape index (κ1) is 19.2. The van der Waals surface area contributed by atoms with Gasteiger partial charge < -0.3 is 14.2 Å². The van der Waals surface area contributed by atoms with Crippen molar-refractivity contribution < 1.29 is 14.3 Å². The zero-order valence-corrected chi connectivity index (χ0v) is 16.7. The third-order valence-electron chi connectivity index (χ3n) is 5.13. The Bertz CT molecular complexity index is 1030. The van der Waals surface area contributed by atoms with Crippen molar-refractivity contribution in [3.05, 3.63) is 66.0 Å². The summed E-state index contributed by atoms with van der Waals surface area (Å²) >= 11 is 0. The van der Waals surface area contributed by atoms with Crippen LogP contribution >= 0.6 is 0 Å². The molecule has 0 saturated carbocycles. The van der Waals surface area contributed by atoms with Crippen molar-refractivity contribution in [2.24, 2.45) is 0 Å². The molecule has 2 aromatic carbocycles. The Morgan fingerprint density at radius 1 is 1.14 bits per heavy atom. The highest BCUT2D eigenvalue weighted by atomic mass is 16.5. The Labute approximate surface area is 170 Å². The van der Waals surface area contributed by atoms with Crippen LogP contribution in [0.4, 0.5) is 0 Å². The maximum absolute atomic E-state index is 12.7. The zero-order valence-electron chi connectivity index (χ0n) is 16.7. The highest BCUT2D eigenvalue weighted by Gasteiger charge is 2.34. The average molecular weight is 391 g/mol. The van der Waals surface area contributed by atoms with Crippen LogP contribution in [-0.4, -0.2) is 39.0 Å². The lowest BCUT2D eigenvalue weighted by atomic mass is 10.1. The molecule has 150 valence electrons. The molecule has 1 fully saturated rings. The second kappa shape index (κ2) is 8.07. The van der Waals surface area contributed by atoms with Gasteiger partial charge in [0.1, 0.15) is 12.4 Å². The predicted octanol–water partition coefficient (Wildman–Crippen LogP) is 3.50. The molecule has 0 N–H and O–H groups in total. The molecule has 0 radical (unpaired) electrons. The number of para-hydroxylation sites is 2. The number of imidazole rings is 1. The summed E-state index contributed by atoms with van der Waals surface area (Å²) in [6.45, 7) is 4.95. The van der Waals surface area contributed by atoms with E-state index in [0.717, 1.165) is 22.4 Å². The number of esters is 1. The zero-order chi connectivity index (χ0) is 20.4. The Balaban J connectivity index is 1.61. The fraction of sp³-hybridized carbons (Fsp3) is 0.348. The number of rotatable bonds is 6. The van der Waals surface area contributed by atoms with E-state index in [1.54, 1.807) is 0 Å². The van der Waals surface area contributed by atoms with Gasteiger partial charge in [0.05, 0.1) is 17.1 Å². The Morgan fingerprint density at radius 2 is 1.86 bits per heavy atom. The van der Waals surface area contributed by atoms with Crippen LogP contribution in [0.3, 0.4) is 0 Å². The smallest absolute Gasteiger partial charge is 0.326 e. The minimum atomic E-state index is -0.296. The molecule has 1 saturated heterocycles. The highest BCUT2D eigenvalue weighted by molar-refractivity contribution is 5.82. The Morgan fingerprint density at radius 3 is 2.62 bits per heavy atom. The van der Waals surface area contributed by atoms with Crippen molar-refractivity contribution >= 4 is 22.9 Å². The van der Waals surface area contributed by atoms with Crippen molar-refractivity contribution in [3.8, 4) is 0 Å². The summed E-state index contributed by atoms with van der Waals surface area (Å²) < 4.78 is 7.25. The number of nitrogens with zero attached hydrogens (tertiary/aromatic N) is 3. The van der Waals surface area contributed by atoms with Crippen LogP contribution in [0.5, 0.6) is 0 Å². The summed E-state index contributed by atoms with van der Waals surface area (Å²) in [5.74, 6) is 0.540. The minimum Gasteiger partial charge on any atom is -0.462 e. The number of ether oxygens (including phenoxy) is 1. The van der Waals surface area contributed by atoms with E-state index in [9.17, 15) is 9.59 Å². The van der Waals surface area contributed by atoms with E-state index in [4.69, 9.17) is 9.72 Å². The van der Waals surface area contributed by atoms with Gasteiger partial charge in [-0.25, -0.2) is 4.98 Å². The fourth-order valence-corrected chi connectivity index (χ4v) is 3.90. The molecule has 0 aliphatic carbocycles. The third kappa shape index (κ3) is 4.16. The number of likely N-dealkylation sites (tertiary alicyclic amines) is 1. The Kier molecular flexibility index (Phi) is 5.34. The number of hydrogen-bond donors (Lipinski definition) is 0. The molecule has 1 aliphatic heterocycles.